The summed E-state index contributed by atoms with van der Waals surface area (Å²) in [5.74, 6) is 0.416. The number of halogens is 1. The molecule has 0 aliphatic carbocycles. The number of pyridine rings is 1. The zero-order chi connectivity index (χ0) is 13.3. The Labute approximate surface area is 109 Å². The number of nitrogens with two attached hydrogens (primary N) is 1. The van der Waals surface area contributed by atoms with Crippen molar-refractivity contribution in [2.45, 2.75) is 4.90 Å². The molecule has 0 saturated heterocycles. The lowest BCUT2D eigenvalue weighted by Gasteiger charge is -2.08. The molecule has 96 valence electrons. The number of anilines is 2. The van der Waals surface area contributed by atoms with Gasteiger partial charge in [0.1, 0.15) is 16.5 Å². The van der Waals surface area contributed by atoms with Gasteiger partial charge in [-0.25, -0.2) is 13.4 Å². The Kier molecular flexibility index (Phi) is 3.14. The highest BCUT2D eigenvalue weighted by Crippen LogP contribution is 2.21. The molecule has 2 heterocycles. The van der Waals surface area contributed by atoms with Crippen molar-refractivity contribution < 1.29 is 8.42 Å². The van der Waals surface area contributed by atoms with Crippen LogP contribution in [0.25, 0.3) is 0 Å². The van der Waals surface area contributed by atoms with Gasteiger partial charge in [0.15, 0.2) is 0 Å². The smallest absolute Gasteiger partial charge is 0.264 e. The van der Waals surface area contributed by atoms with E-state index in [1.807, 2.05) is 0 Å². The minimum absolute atomic E-state index is 0.0668. The number of nitrogens with zero attached hydrogens (tertiary/aromatic N) is 3. The number of nitrogen functional groups attached to an aromatic ring is 1. The number of hydrogen-bond donors (Lipinski definition) is 2. The molecule has 0 unspecified atom stereocenters. The Morgan fingerprint density at radius 2 is 2.22 bits per heavy atom. The Balaban J connectivity index is 2.37. The molecule has 9 heteroatoms. The summed E-state index contributed by atoms with van der Waals surface area (Å²) < 4.78 is 27.8. The molecule has 0 atom stereocenters. The van der Waals surface area contributed by atoms with Crippen molar-refractivity contribution >= 4 is 33.3 Å². The fourth-order valence-corrected chi connectivity index (χ4v) is 2.54. The molecule has 3 N–H and O–H groups in total. The minimum Gasteiger partial charge on any atom is -0.382 e. The third kappa shape index (κ3) is 2.39. The van der Waals surface area contributed by atoms with Crippen LogP contribution in [0, 0.1) is 0 Å². The average molecular weight is 288 g/mol. The van der Waals surface area contributed by atoms with Crippen molar-refractivity contribution in [2.75, 3.05) is 10.5 Å². The van der Waals surface area contributed by atoms with Crippen molar-refractivity contribution in [2.24, 2.45) is 7.05 Å². The molecular formula is C9H10ClN5O2S. The summed E-state index contributed by atoms with van der Waals surface area (Å²) in [6.07, 6.45) is 2.62. The van der Waals surface area contributed by atoms with E-state index < -0.39 is 10.0 Å². The van der Waals surface area contributed by atoms with Gasteiger partial charge in [-0.05, 0) is 6.07 Å². The van der Waals surface area contributed by atoms with E-state index in [-0.39, 0.29) is 15.7 Å². The lowest BCUT2D eigenvalue weighted by molar-refractivity contribution is 0.600. The summed E-state index contributed by atoms with van der Waals surface area (Å²) >= 11 is 5.74. The molecule has 0 bridgehead atoms. The highest BCUT2D eigenvalue weighted by Gasteiger charge is 2.17. The van der Waals surface area contributed by atoms with E-state index in [2.05, 4.69) is 14.8 Å². The molecule has 0 saturated carbocycles. The molecule has 0 radical (unpaired) electrons. The molecule has 0 aliphatic rings. The van der Waals surface area contributed by atoms with Crippen molar-refractivity contribution in [1.29, 1.82) is 0 Å². The first-order valence-electron chi connectivity index (χ1n) is 4.82. The second-order valence-electron chi connectivity index (χ2n) is 3.48. The standard InChI is InChI=1S/C9H10ClN5O2S/c1-15-8(2-3-13-15)14-18(16,17)6-4-7(10)9(11)12-5-6/h2-5,14H,1H3,(H2,11,12). The first-order valence-corrected chi connectivity index (χ1v) is 6.68. The molecule has 7 nitrogen and oxygen atoms in total. The van der Waals surface area contributed by atoms with Crippen molar-refractivity contribution in [3.63, 3.8) is 0 Å². The van der Waals surface area contributed by atoms with Crippen LogP contribution in [-0.2, 0) is 17.1 Å². The van der Waals surface area contributed by atoms with E-state index in [1.165, 1.54) is 23.0 Å². The Morgan fingerprint density at radius 1 is 1.50 bits per heavy atom. The summed E-state index contributed by atoms with van der Waals surface area (Å²) in [7, 11) is -2.14. The van der Waals surface area contributed by atoms with Crippen LogP contribution in [0.15, 0.2) is 29.4 Å². The normalized spacial score (nSPS) is 11.4. The first-order chi connectivity index (χ1) is 8.40. The van der Waals surface area contributed by atoms with Crippen LogP contribution >= 0.6 is 11.6 Å². The van der Waals surface area contributed by atoms with Crippen molar-refractivity contribution in [3.05, 3.63) is 29.5 Å². The van der Waals surface area contributed by atoms with Gasteiger partial charge in [0.2, 0.25) is 0 Å². The van der Waals surface area contributed by atoms with Gasteiger partial charge in [-0.2, -0.15) is 5.10 Å². The third-order valence-electron chi connectivity index (χ3n) is 2.21. The minimum atomic E-state index is -3.76. The van der Waals surface area contributed by atoms with Gasteiger partial charge < -0.3 is 5.73 Å². The second-order valence-corrected chi connectivity index (χ2v) is 5.57. The maximum atomic E-state index is 12.0. The van der Waals surface area contributed by atoms with E-state index >= 15 is 0 Å². The van der Waals surface area contributed by atoms with Gasteiger partial charge in [0, 0.05) is 19.3 Å². The number of hydrogen-bond acceptors (Lipinski definition) is 5. The molecule has 2 aromatic heterocycles. The largest absolute Gasteiger partial charge is 0.382 e. The lowest BCUT2D eigenvalue weighted by atomic mass is 10.5. The summed E-state index contributed by atoms with van der Waals surface area (Å²) in [6, 6.07) is 2.77. The fourth-order valence-electron chi connectivity index (χ4n) is 1.25. The molecule has 0 aromatic carbocycles. The van der Waals surface area contributed by atoms with E-state index in [0.29, 0.717) is 5.82 Å². The first kappa shape index (κ1) is 12.7. The van der Waals surface area contributed by atoms with Crippen LogP contribution in [0.4, 0.5) is 11.6 Å². The number of aromatic nitrogens is 3. The molecule has 0 spiro atoms. The maximum Gasteiger partial charge on any atom is 0.264 e. The zero-order valence-corrected chi connectivity index (χ0v) is 10.9. The third-order valence-corrected chi connectivity index (χ3v) is 3.84. The highest BCUT2D eigenvalue weighted by molar-refractivity contribution is 7.92. The topological polar surface area (TPSA) is 103 Å². The highest BCUT2D eigenvalue weighted by atomic mass is 35.5. The summed E-state index contributed by atoms with van der Waals surface area (Å²) in [4.78, 5) is 3.63. The number of sulfonamides is 1. The molecule has 0 fully saturated rings. The molecule has 0 amide bonds. The van der Waals surface area contributed by atoms with Crippen LogP contribution in [-0.4, -0.2) is 23.2 Å². The molecule has 2 rings (SSSR count). The van der Waals surface area contributed by atoms with Crippen LogP contribution in [0.3, 0.4) is 0 Å². The van der Waals surface area contributed by atoms with Gasteiger partial charge in [0.25, 0.3) is 10.0 Å². The van der Waals surface area contributed by atoms with E-state index in [9.17, 15) is 8.42 Å². The molecular weight excluding hydrogens is 278 g/mol. The fraction of sp³-hybridized carbons (Fsp3) is 0.111. The van der Waals surface area contributed by atoms with Crippen molar-refractivity contribution in [3.8, 4) is 0 Å². The van der Waals surface area contributed by atoms with Gasteiger partial charge in [-0.3, -0.25) is 9.40 Å². The SMILES string of the molecule is Cn1nccc1NS(=O)(=O)c1cnc(N)c(Cl)c1. The summed E-state index contributed by atoms with van der Waals surface area (Å²) in [6.45, 7) is 0. The average Bonchev–Trinajstić information content (AvgIpc) is 2.67. The lowest BCUT2D eigenvalue weighted by Crippen LogP contribution is -2.15. The van der Waals surface area contributed by atoms with Crippen LogP contribution in [0.2, 0.25) is 5.02 Å². The van der Waals surface area contributed by atoms with Crippen LogP contribution in [0.1, 0.15) is 0 Å². The van der Waals surface area contributed by atoms with Crippen LogP contribution in [0.5, 0.6) is 0 Å². The predicted octanol–water partition coefficient (Wildman–Crippen LogP) is 0.852. The number of aryl methyl sites for hydroxylation is 1. The number of rotatable bonds is 3. The summed E-state index contributed by atoms with van der Waals surface area (Å²) in [5.41, 5.74) is 5.42. The number of nitrogens with one attached hydrogen (secondary N) is 1. The van der Waals surface area contributed by atoms with E-state index in [4.69, 9.17) is 17.3 Å². The van der Waals surface area contributed by atoms with E-state index in [1.54, 1.807) is 7.05 Å². The summed E-state index contributed by atoms with van der Waals surface area (Å²) in [5, 5.41) is 3.94. The van der Waals surface area contributed by atoms with Gasteiger partial charge in [-0.1, -0.05) is 11.6 Å². The predicted molar refractivity (Wildman–Crippen MR) is 67.7 cm³/mol. The second kappa shape index (κ2) is 4.46. The Morgan fingerprint density at radius 3 is 2.78 bits per heavy atom. The quantitative estimate of drug-likeness (QED) is 0.871. The molecule has 2 aromatic rings. The van der Waals surface area contributed by atoms with E-state index in [0.717, 1.165) is 6.20 Å². The Bertz CT molecular complexity index is 682. The van der Waals surface area contributed by atoms with Gasteiger partial charge in [0.05, 0.1) is 11.2 Å². The molecule has 18 heavy (non-hydrogen) atoms. The maximum absolute atomic E-state index is 12.0. The van der Waals surface area contributed by atoms with Gasteiger partial charge >= 0.3 is 0 Å². The molecule has 0 aliphatic heterocycles. The van der Waals surface area contributed by atoms with Crippen molar-refractivity contribution in [1.82, 2.24) is 14.8 Å². The Hall–Kier alpha value is -1.80. The van der Waals surface area contributed by atoms with Crippen LogP contribution < -0.4 is 10.5 Å². The zero-order valence-electron chi connectivity index (χ0n) is 9.33. The monoisotopic (exact) mass is 287 g/mol. The van der Waals surface area contributed by atoms with Gasteiger partial charge in [-0.15, -0.1) is 0 Å².